The Hall–Kier alpha value is -2.94. The van der Waals surface area contributed by atoms with Crippen LogP contribution in [-0.4, -0.2) is 61.4 Å². The van der Waals surface area contributed by atoms with Gasteiger partial charge in [0, 0.05) is 43.6 Å². The molecule has 0 spiro atoms. The number of ether oxygens (including phenoxy) is 1. The summed E-state index contributed by atoms with van der Waals surface area (Å²) in [5, 5.41) is 8.48. The number of carbonyl (C=O) groups is 1. The first-order valence-electron chi connectivity index (χ1n) is 11.4. The Balaban J connectivity index is 1.40. The Morgan fingerprint density at radius 2 is 2.19 bits per heavy atom. The second kappa shape index (κ2) is 9.68. The summed E-state index contributed by atoms with van der Waals surface area (Å²) < 4.78 is 9.31. The molecule has 32 heavy (non-hydrogen) atoms. The fourth-order valence-electron chi connectivity index (χ4n) is 4.23. The zero-order chi connectivity index (χ0) is 22.7. The van der Waals surface area contributed by atoms with E-state index in [0.717, 1.165) is 49.2 Å². The molecule has 0 aromatic carbocycles. The van der Waals surface area contributed by atoms with E-state index in [1.807, 2.05) is 13.2 Å². The summed E-state index contributed by atoms with van der Waals surface area (Å²) in [6, 6.07) is 2.05. The maximum Gasteiger partial charge on any atom is 0.328 e. The summed E-state index contributed by atoms with van der Waals surface area (Å²) in [5.41, 5.74) is 1.64. The van der Waals surface area contributed by atoms with Gasteiger partial charge in [-0.25, -0.2) is 4.98 Å². The number of hydrogen-bond donors (Lipinski definition) is 1. The molecule has 172 valence electrons. The molecule has 1 fully saturated rings. The van der Waals surface area contributed by atoms with E-state index >= 15 is 0 Å². The van der Waals surface area contributed by atoms with Gasteiger partial charge in [-0.1, -0.05) is 27.2 Å². The average Bonchev–Trinajstić information content (AvgIpc) is 3.46. The third kappa shape index (κ3) is 5.27. The van der Waals surface area contributed by atoms with E-state index in [2.05, 4.69) is 57.9 Å². The second-order valence-corrected chi connectivity index (χ2v) is 9.07. The molecule has 4 rings (SSSR count). The van der Waals surface area contributed by atoms with Crippen LogP contribution < -0.4 is 5.32 Å². The predicted molar refractivity (Wildman–Crippen MR) is 124 cm³/mol. The zero-order valence-corrected chi connectivity index (χ0v) is 19.4. The molecule has 0 saturated carbocycles. The number of anilines is 2. The first-order chi connectivity index (χ1) is 15.4. The fraction of sp³-hybridized carbons (Fsp3) is 0.565. The minimum Gasteiger partial charge on any atom is -0.460 e. The van der Waals surface area contributed by atoms with Crippen molar-refractivity contribution in [2.75, 3.05) is 25.5 Å². The lowest BCUT2D eigenvalue weighted by Gasteiger charge is -2.20. The van der Waals surface area contributed by atoms with Crippen molar-refractivity contribution < 1.29 is 9.53 Å². The van der Waals surface area contributed by atoms with Gasteiger partial charge in [-0.2, -0.15) is 10.1 Å². The van der Waals surface area contributed by atoms with Crippen molar-refractivity contribution >= 4 is 28.6 Å². The first kappa shape index (κ1) is 22.3. The molecule has 1 saturated heterocycles. The second-order valence-electron chi connectivity index (χ2n) is 9.07. The van der Waals surface area contributed by atoms with E-state index in [-0.39, 0.29) is 18.6 Å². The van der Waals surface area contributed by atoms with Crippen molar-refractivity contribution in [1.82, 2.24) is 29.2 Å². The van der Waals surface area contributed by atoms with E-state index in [4.69, 9.17) is 9.72 Å². The normalized spacial score (nSPS) is 17.8. The highest BCUT2D eigenvalue weighted by atomic mass is 16.5. The minimum absolute atomic E-state index is 0.0278. The van der Waals surface area contributed by atoms with Crippen molar-refractivity contribution in [3.63, 3.8) is 0 Å². The van der Waals surface area contributed by atoms with E-state index in [1.165, 1.54) is 0 Å². The molecule has 3 aromatic rings. The fourth-order valence-corrected chi connectivity index (χ4v) is 4.23. The van der Waals surface area contributed by atoms with E-state index in [9.17, 15) is 4.79 Å². The van der Waals surface area contributed by atoms with Crippen LogP contribution in [0.3, 0.4) is 0 Å². The molecule has 4 heterocycles. The smallest absolute Gasteiger partial charge is 0.328 e. The highest BCUT2D eigenvalue weighted by Crippen LogP contribution is 2.22. The largest absolute Gasteiger partial charge is 0.460 e. The van der Waals surface area contributed by atoms with Crippen molar-refractivity contribution in [2.45, 2.75) is 52.8 Å². The number of likely N-dealkylation sites (N-methyl/N-ethyl adjacent to an activating group) is 1. The van der Waals surface area contributed by atoms with Crippen LogP contribution in [0.2, 0.25) is 0 Å². The summed E-state index contributed by atoms with van der Waals surface area (Å²) in [6.45, 7) is 9.53. The molecule has 1 unspecified atom stereocenters. The molecule has 1 N–H and O–H groups in total. The van der Waals surface area contributed by atoms with Gasteiger partial charge in [0.1, 0.15) is 18.3 Å². The van der Waals surface area contributed by atoms with Crippen LogP contribution in [0.15, 0.2) is 30.9 Å². The molecule has 0 bridgehead atoms. The van der Waals surface area contributed by atoms with Gasteiger partial charge < -0.3 is 19.5 Å². The molecule has 1 aliphatic rings. The number of likely N-dealkylation sites (tertiary alicyclic amines) is 1. The Bertz CT molecular complexity index is 1060. The average molecular weight is 440 g/mol. The van der Waals surface area contributed by atoms with Crippen molar-refractivity contribution in [3.8, 4) is 0 Å². The monoisotopic (exact) mass is 439 g/mol. The van der Waals surface area contributed by atoms with Gasteiger partial charge in [-0.15, -0.1) is 0 Å². The highest BCUT2D eigenvalue weighted by Gasteiger charge is 2.23. The standard InChI is InChI=1S/C23H33N7O2/c1-5-17(16(2)3)12-29-9-6-18-10-24-23(27-22(18)29)26-19-11-25-30(13-19)15-21(31)32-20-7-8-28(4)14-20/h6,9-11,13,16-17,20H,5,7-8,12,14-15H2,1-4H3,(H,24,26,27)/t17?,20-/m0/s1. The molecule has 0 radical (unpaired) electrons. The number of nitrogens with zero attached hydrogens (tertiary/aromatic N) is 6. The Morgan fingerprint density at radius 1 is 1.34 bits per heavy atom. The summed E-state index contributed by atoms with van der Waals surface area (Å²) in [6.07, 6.45) is 9.33. The number of fused-ring (bicyclic) bond motifs is 1. The van der Waals surface area contributed by atoms with Crippen LogP contribution in [0.4, 0.5) is 11.6 Å². The molecule has 0 amide bonds. The van der Waals surface area contributed by atoms with Crippen molar-refractivity contribution in [1.29, 1.82) is 0 Å². The predicted octanol–water partition coefficient (Wildman–Crippen LogP) is 3.30. The highest BCUT2D eigenvalue weighted by molar-refractivity contribution is 5.76. The number of esters is 1. The van der Waals surface area contributed by atoms with E-state index < -0.39 is 0 Å². The van der Waals surface area contributed by atoms with E-state index in [0.29, 0.717) is 17.8 Å². The minimum atomic E-state index is -0.272. The Morgan fingerprint density at radius 3 is 2.91 bits per heavy atom. The number of carbonyl (C=O) groups excluding carboxylic acids is 1. The molecular formula is C23H33N7O2. The van der Waals surface area contributed by atoms with E-state index in [1.54, 1.807) is 17.1 Å². The number of aromatic nitrogens is 5. The van der Waals surface area contributed by atoms with Gasteiger partial charge in [0.15, 0.2) is 0 Å². The van der Waals surface area contributed by atoms with Gasteiger partial charge in [0.2, 0.25) is 5.95 Å². The SMILES string of the molecule is CCC(Cn1ccc2cnc(Nc3cnn(CC(=O)O[C@H]4CCN(C)C4)c3)nc21)C(C)C. The third-order valence-corrected chi connectivity index (χ3v) is 6.23. The molecule has 2 atom stereocenters. The topological polar surface area (TPSA) is 90.1 Å². The quantitative estimate of drug-likeness (QED) is 0.512. The summed E-state index contributed by atoms with van der Waals surface area (Å²) >= 11 is 0. The van der Waals surface area contributed by atoms with Crippen LogP contribution in [0.1, 0.15) is 33.6 Å². The third-order valence-electron chi connectivity index (χ3n) is 6.23. The van der Waals surface area contributed by atoms with Gasteiger partial charge >= 0.3 is 5.97 Å². The molecule has 9 heteroatoms. The number of rotatable bonds is 9. The van der Waals surface area contributed by atoms with Gasteiger partial charge in [-0.3, -0.25) is 9.48 Å². The summed E-state index contributed by atoms with van der Waals surface area (Å²) in [4.78, 5) is 23.5. The lowest BCUT2D eigenvalue weighted by molar-refractivity contribution is -0.149. The van der Waals surface area contributed by atoms with Crippen molar-refractivity contribution in [3.05, 3.63) is 30.9 Å². The van der Waals surface area contributed by atoms with Gasteiger partial charge in [-0.05, 0) is 31.4 Å². The molecular weight excluding hydrogens is 406 g/mol. The van der Waals surface area contributed by atoms with Crippen LogP contribution in [0.25, 0.3) is 11.0 Å². The molecule has 3 aromatic heterocycles. The van der Waals surface area contributed by atoms with Gasteiger partial charge in [0.25, 0.3) is 0 Å². The number of nitrogens with one attached hydrogen (secondary N) is 1. The van der Waals surface area contributed by atoms with Crippen LogP contribution in [-0.2, 0) is 22.6 Å². The van der Waals surface area contributed by atoms with Gasteiger partial charge in [0.05, 0.1) is 11.9 Å². The van der Waals surface area contributed by atoms with Crippen LogP contribution in [0.5, 0.6) is 0 Å². The number of hydrogen-bond acceptors (Lipinski definition) is 7. The lowest BCUT2D eigenvalue weighted by Crippen LogP contribution is -2.24. The molecule has 9 nitrogen and oxygen atoms in total. The maximum absolute atomic E-state index is 12.2. The maximum atomic E-state index is 12.2. The summed E-state index contributed by atoms with van der Waals surface area (Å²) in [5.74, 6) is 1.45. The Labute approximate surface area is 188 Å². The van der Waals surface area contributed by atoms with Crippen LogP contribution in [0, 0.1) is 11.8 Å². The van der Waals surface area contributed by atoms with Crippen LogP contribution >= 0.6 is 0 Å². The lowest BCUT2D eigenvalue weighted by atomic mass is 9.93. The molecule has 1 aliphatic heterocycles. The zero-order valence-electron chi connectivity index (χ0n) is 19.4. The van der Waals surface area contributed by atoms with Crippen molar-refractivity contribution in [2.24, 2.45) is 11.8 Å². The Kier molecular flexibility index (Phi) is 6.74. The summed E-state index contributed by atoms with van der Waals surface area (Å²) in [7, 11) is 2.03. The molecule has 0 aliphatic carbocycles. The first-order valence-corrected chi connectivity index (χ1v) is 11.4.